The molecule has 2 heterocycles. The number of rotatable bonds is 5. The molecular formula is C18H19ClN2O5S2. The average molecular weight is 443 g/mol. The van der Waals surface area contributed by atoms with Crippen LogP contribution in [0.25, 0.3) is 6.08 Å². The van der Waals surface area contributed by atoms with Gasteiger partial charge in [0.05, 0.1) is 16.4 Å². The minimum absolute atomic E-state index is 0.0415. The van der Waals surface area contributed by atoms with Crippen molar-refractivity contribution in [1.29, 1.82) is 0 Å². The molecule has 0 aromatic heterocycles. The maximum atomic E-state index is 12.5. The van der Waals surface area contributed by atoms with Crippen LogP contribution in [0.1, 0.15) is 18.4 Å². The molecule has 3 amide bonds. The summed E-state index contributed by atoms with van der Waals surface area (Å²) in [7, 11) is -1.54. The van der Waals surface area contributed by atoms with E-state index in [1.165, 1.54) is 4.90 Å². The van der Waals surface area contributed by atoms with Crippen molar-refractivity contribution in [3.8, 4) is 0 Å². The van der Waals surface area contributed by atoms with Crippen molar-refractivity contribution in [2.75, 3.05) is 25.1 Å². The predicted molar refractivity (Wildman–Crippen MR) is 109 cm³/mol. The average Bonchev–Trinajstić information content (AvgIpc) is 3.11. The molecule has 1 aromatic rings. The fraction of sp³-hybridized carbons (Fsp3) is 0.389. The third kappa shape index (κ3) is 4.76. The Labute approximate surface area is 172 Å². The molecule has 2 aliphatic rings. The van der Waals surface area contributed by atoms with Crippen LogP contribution in [0.5, 0.6) is 0 Å². The monoisotopic (exact) mass is 442 g/mol. The van der Waals surface area contributed by atoms with E-state index in [1.807, 2.05) is 0 Å². The largest absolute Gasteiger partial charge is 0.342 e. The summed E-state index contributed by atoms with van der Waals surface area (Å²) in [5.41, 5.74) is 0.705. The van der Waals surface area contributed by atoms with Crippen molar-refractivity contribution >= 4 is 56.3 Å². The van der Waals surface area contributed by atoms with Gasteiger partial charge >= 0.3 is 0 Å². The fourth-order valence-electron chi connectivity index (χ4n) is 3.11. The molecule has 2 fully saturated rings. The van der Waals surface area contributed by atoms with Gasteiger partial charge in [0.1, 0.15) is 0 Å². The van der Waals surface area contributed by atoms with E-state index in [9.17, 15) is 22.8 Å². The summed E-state index contributed by atoms with van der Waals surface area (Å²) in [6, 6.07) is 6.56. The number of thioether (sulfide) groups is 1. The number of amides is 3. The van der Waals surface area contributed by atoms with Crippen molar-refractivity contribution in [2.45, 2.75) is 18.9 Å². The van der Waals surface area contributed by atoms with Gasteiger partial charge in [-0.2, -0.15) is 0 Å². The zero-order chi connectivity index (χ0) is 20.5. The van der Waals surface area contributed by atoms with Crippen LogP contribution >= 0.6 is 23.4 Å². The van der Waals surface area contributed by atoms with Crippen molar-refractivity contribution in [2.24, 2.45) is 0 Å². The maximum absolute atomic E-state index is 12.5. The SMILES string of the molecule is CN(C(=O)CCN1C(=O)S/C(=C/c2cccc(Cl)c2)C1=O)C1CCS(=O)(=O)C1. The number of hydrogen-bond donors (Lipinski definition) is 0. The lowest BCUT2D eigenvalue weighted by atomic mass is 10.2. The Hall–Kier alpha value is -1.84. The highest BCUT2D eigenvalue weighted by Gasteiger charge is 2.36. The molecule has 1 unspecified atom stereocenters. The first-order chi connectivity index (χ1) is 13.2. The summed E-state index contributed by atoms with van der Waals surface area (Å²) in [5.74, 6) is -0.708. The molecule has 0 N–H and O–H groups in total. The van der Waals surface area contributed by atoms with E-state index >= 15 is 0 Å². The predicted octanol–water partition coefficient (Wildman–Crippen LogP) is 2.41. The second-order valence-electron chi connectivity index (χ2n) is 6.70. The van der Waals surface area contributed by atoms with Crippen LogP contribution < -0.4 is 0 Å². The standard InChI is InChI=1S/C18H19ClN2O5S2/c1-20(14-6-8-28(25,26)11-14)16(22)5-7-21-17(23)15(27-18(21)24)10-12-3-2-4-13(19)9-12/h2-4,9-10,14H,5-8,11H2,1H3/b15-10+. The topological polar surface area (TPSA) is 91.8 Å². The first kappa shape index (κ1) is 20.9. The molecule has 10 heteroatoms. The van der Waals surface area contributed by atoms with Gasteiger partial charge in [0.15, 0.2) is 9.84 Å². The van der Waals surface area contributed by atoms with E-state index < -0.39 is 21.0 Å². The van der Waals surface area contributed by atoms with E-state index in [0.717, 1.165) is 16.7 Å². The second-order valence-corrected chi connectivity index (χ2v) is 10.4. The molecule has 0 bridgehead atoms. The Balaban J connectivity index is 1.61. The van der Waals surface area contributed by atoms with Crippen molar-refractivity contribution in [3.63, 3.8) is 0 Å². The second kappa shape index (κ2) is 8.26. The summed E-state index contributed by atoms with van der Waals surface area (Å²) < 4.78 is 23.2. The summed E-state index contributed by atoms with van der Waals surface area (Å²) >= 11 is 6.75. The van der Waals surface area contributed by atoms with E-state index in [-0.39, 0.29) is 41.3 Å². The highest BCUT2D eigenvalue weighted by atomic mass is 35.5. The molecule has 150 valence electrons. The number of benzene rings is 1. The molecule has 0 radical (unpaired) electrons. The minimum atomic E-state index is -3.10. The third-order valence-electron chi connectivity index (χ3n) is 4.72. The quantitative estimate of drug-likeness (QED) is 0.650. The fourth-order valence-corrected chi connectivity index (χ4v) is 5.95. The van der Waals surface area contributed by atoms with Crippen LogP contribution in [0, 0.1) is 0 Å². The smallest absolute Gasteiger partial charge is 0.293 e. The Kier molecular flexibility index (Phi) is 6.16. The van der Waals surface area contributed by atoms with Crippen molar-refractivity contribution < 1.29 is 22.8 Å². The van der Waals surface area contributed by atoms with Crippen LogP contribution in [0.3, 0.4) is 0 Å². The first-order valence-electron chi connectivity index (χ1n) is 8.63. The van der Waals surface area contributed by atoms with Gasteiger partial charge in [0.2, 0.25) is 5.91 Å². The molecule has 2 saturated heterocycles. The number of carbonyl (C=O) groups excluding carboxylic acids is 3. The lowest BCUT2D eigenvalue weighted by Gasteiger charge is -2.24. The molecule has 0 saturated carbocycles. The van der Waals surface area contributed by atoms with Crippen LogP contribution in [0.2, 0.25) is 5.02 Å². The number of hydrogen-bond acceptors (Lipinski definition) is 6. The highest BCUT2D eigenvalue weighted by Crippen LogP contribution is 2.32. The lowest BCUT2D eigenvalue weighted by Crippen LogP contribution is -2.40. The molecule has 3 rings (SSSR count). The molecule has 1 aromatic carbocycles. The number of sulfone groups is 1. The molecule has 0 aliphatic carbocycles. The summed E-state index contributed by atoms with van der Waals surface area (Å²) in [5, 5.41) is 0.0905. The third-order valence-corrected chi connectivity index (χ3v) is 7.61. The number of nitrogens with zero attached hydrogens (tertiary/aromatic N) is 2. The van der Waals surface area contributed by atoms with Crippen molar-refractivity contribution in [3.05, 3.63) is 39.8 Å². The van der Waals surface area contributed by atoms with Gasteiger partial charge in [-0.3, -0.25) is 19.3 Å². The summed E-state index contributed by atoms with van der Waals surface area (Å²) in [6.07, 6.45) is 1.96. The molecule has 7 nitrogen and oxygen atoms in total. The Morgan fingerprint density at radius 2 is 2.14 bits per heavy atom. The van der Waals surface area contributed by atoms with Crippen LogP contribution in [0.15, 0.2) is 29.2 Å². The molecule has 1 atom stereocenters. The Morgan fingerprint density at radius 3 is 2.79 bits per heavy atom. The highest BCUT2D eigenvalue weighted by molar-refractivity contribution is 8.18. The van der Waals surface area contributed by atoms with Crippen molar-refractivity contribution in [1.82, 2.24) is 9.80 Å². The normalized spacial score (nSPS) is 22.9. The van der Waals surface area contributed by atoms with E-state index in [1.54, 1.807) is 37.4 Å². The van der Waals surface area contributed by atoms with Gasteiger partial charge in [0.25, 0.3) is 11.1 Å². The Bertz CT molecular complexity index is 960. The first-order valence-corrected chi connectivity index (χ1v) is 11.6. The van der Waals surface area contributed by atoms with Gasteiger partial charge in [-0.15, -0.1) is 0 Å². The molecule has 0 spiro atoms. The number of halogens is 1. The number of imide groups is 1. The Morgan fingerprint density at radius 1 is 1.39 bits per heavy atom. The zero-order valence-electron chi connectivity index (χ0n) is 15.1. The molecule has 2 aliphatic heterocycles. The van der Waals surface area contributed by atoms with Gasteiger partial charge in [-0.25, -0.2) is 8.42 Å². The van der Waals surface area contributed by atoms with E-state index in [0.29, 0.717) is 17.0 Å². The molecular weight excluding hydrogens is 424 g/mol. The van der Waals surface area contributed by atoms with Crippen LogP contribution in [-0.4, -0.2) is 66.4 Å². The van der Waals surface area contributed by atoms with Crippen LogP contribution in [-0.2, 0) is 19.4 Å². The van der Waals surface area contributed by atoms with Gasteiger partial charge in [-0.05, 0) is 42.0 Å². The van der Waals surface area contributed by atoms with E-state index in [2.05, 4.69) is 0 Å². The van der Waals surface area contributed by atoms with Gasteiger partial charge in [0, 0.05) is 31.1 Å². The lowest BCUT2D eigenvalue weighted by molar-refractivity contribution is -0.132. The minimum Gasteiger partial charge on any atom is -0.342 e. The summed E-state index contributed by atoms with van der Waals surface area (Å²) in [4.78, 5) is 39.8. The van der Waals surface area contributed by atoms with E-state index in [4.69, 9.17) is 11.6 Å². The number of carbonyl (C=O) groups is 3. The van der Waals surface area contributed by atoms with Crippen LogP contribution in [0.4, 0.5) is 4.79 Å². The zero-order valence-corrected chi connectivity index (χ0v) is 17.5. The maximum Gasteiger partial charge on any atom is 0.293 e. The summed E-state index contributed by atoms with van der Waals surface area (Å²) in [6.45, 7) is -0.0415. The van der Waals surface area contributed by atoms with Gasteiger partial charge < -0.3 is 4.90 Å². The molecule has 28 heavy (non-hydrogen) atoms. The van der Waals surface area contributed by atoms with Gasteiger partial charge in [-0.1, -0.05) is 23.7 Å².